The molecule has 0 unspecified atom stereocenters. The fraction of sp³-hybridized carbons (Fsp3) is 0.500. The molecule has 0 spiro atoms. The van der Waals surface area contributed by atoms with Crippen molar-refractivity contribution in [3.63, 3.8) is 0 Å². The molecule has 0 atom stereocenters. The summed E-state index contributed by atoms with van der Waals surface area (Å²) in [6, 6.07) is 3.52. The van der Waals surface area contributed by atoms with Crippen molar-refractivity contribution in [1.82, 2.24) is 9.88 Å². The smallest absolute Gasteiger partial charge is 0.354 e. The van der Waals surface area contributed by atoms with Crippen LogP contribution in [0.2, 0.25) is 0 Å². The van der Waals surface area contributed by atoms with Gasteiger partial charge in [0.1, 0.15) is 5.69 Å². The van der Waals surface area contributed by atoms with Gasteiger partial charge in [-0.25, -0.2) is 4.79 Å². The highest BCUT2D eigenvalue weighted by Gasteiger charge is 2.11. The molecule has 0 saturated carbocycles. The molecule has 5 nitrogen and oxygen atoms in total. The molecule has 1 amide bonds. The number of carbonyl (C=O) groups excluding carboxylic acids is 2. The van der Waals surface area contributed by atoms with Crippen molar-refractivity contribution in [2.24, 2.45) is 0 Å². The second kappa shape index (κ2) is 6.73. The number of aromatic nitrogens is 1. The molecule has 5 heteroatoms. The first-order valence-electron chi connectivity index (χ1n) is 5.72. The zero-order valence-electron chi connectivity index (χ0n) is 10.2. The summed E-state index contributed by atoms with van der Waals surface area (Å²) in [5.74, 6) is -0.313. The Hall–Kier alpha value is -1.78. The minimum Gasteiger partial charge on any atom is -0.461 e. The highest BCUT2D eigenvalue weighted by Crippen LogP contribution is 2.06. The van der Waals surface area contributed by atoms with Crippen molar-refractivity contribution in [3.05, 3.63) is 24.0 Å². The van der Waals surface area contributed by atoms with E-state index in [1.54, 1.807) is 30.7 Å². The van der Waals surface area contributed by atoms with Gasteiger partial charge in [0.05, 0.1) is 6.61 Å². The Kier molecular flexibility index (Phi) is 5.26. The molecule has 1 N–H and O–H groups in total. The Morgan fingerprint density at radius 1 is 1.47 bits per heavy atom. The van der Waals surface area contributed by atoms with Gasteiger partial charge in [-0.2, -0.15) is 0 Å². The zero-order chi connectivity index (χ0) is 12.7. The normalized spacial score (nSPS) is 10.0. The summed E-state index contributed by atoms with van der Waals surface area (Å²) in [7, 11) is 1.61. The number of nitrogens with zero attached hydrogens (tertiary/aromatic N) is 1. The minimum atomic E-state index is -0.322. The molecule has 0 aliphatic carbocycles. The van der Waals surface area contributed by atoms with E-state index in [2.05, 4.69) is 5.32 Å². The number of rotatable bonds is 6. The highest BCUT2D eigenvalue weighted by atomic mass is 16.5. The Morgan fingerprint density at radius 2 is 2.24 bits per heavy atom. The van der Waals surface area contributed by atoms with Crippen LogP contribution in [-0.2, 0) is 16.1 Å². The summed E-state index contributed by atoms with van der Waals surface area (Å²) in [4.78, 5) is 22.6. The quantitative estimate of drug-likeness (QED) is 0.757. The largest absolute Gasteiger partial charge is 0.461 e. The lowest BCUT2D eigenvalue weighted by Gasteiger charge is -2.08. The van der Waals surface area contributed by atoms with E-state index in [1.807, 2.05) is 6.20 Å². The van der Waals surface area contributed by atoms with Crippen molar-refractivity contribution in [3.8, 4) is 0 Å². The van der Waals surface area contributed by atoms with Crippen molar-refractivity contribution in [2.45, 2.75) is 26.3 Å². The number of ether oxygens (including phenoxy) is 1. The summed E-state index contributed by atoms with van der Waals surface area (Å²) in [6.07, 6.45) is 2.97. The molecule has 0 bridgehead atoms. The van der Waals surface area contributed by atoms with Gasteiger partial charge < -0.3 is 14.6 Å². The molecule has 94 valence electrons. The zero-order valence-corrected chi connectivity index (χ0v) is 10.2. The number of esters is 1. The monoisotopic (exact) mass is 238 g/mol. The van der Waals surface area contributed by atoms with Crippen LogP contribution in [0.15, 0.2) is 18.3 Å². The topological polar surface area (TPSA) is 60.3 Å². The highest BCUT2D eigenvalue weighted by molar-refractivity contribution is 5.87. The van der Waals surface area contributed by atoms with Gasteiger partial charge in [0.25, 0.3) is 0 Å². The molecule has 1 rings (SSSR count). The molecular weight excluding hydrogens is 220 g/mol. The summed E-state index contributed by atoms with van der Waals surface area (Å²) in [5, 5.41) is 2.56. The Morgan fingerprint density at radius 3 is 2.88 bits per heavy atom. The maximum atomic E-state index is 11.6. The van der Waals surface area contributed by atoms with Crippen LogP contribution >= 0.6 is 0 Å². The van der Waals surface area contributed by atoms with E-state index in [0.717, 1.165) is 0 Å². The van der Waals surface area contributed by atoms with Crippen molar-refractivity contribution in [2.75, 3.05) is 13.7 Å². The molecule has 0 aliphatic rings. The van der Waals surface area contributed by atoms with Crippen LogP contribution in [-0.4, -0.2) is 30.1 Å². The van der Waals surface area contributed by atoms with Gasteiger partial charge in [-0.1, -0.05) is 0 Å². The summed E-state index contributed by atoms with van der Waals surface area (Å²) >= 11 is 0. The predicted octanol–water partition coefficient (Wildman–Crippen LogP) is 1.19. The van der Waals surface area contributed by atoms with Gasteiger partial charge in [0.15, 0.2) is 0 Å². The SMILES string of the molecule is CCOC(=O)c1cccn1CCCC(=O)NC. The van der Waals surface area contributed by atoms with Crippen LogP contribution < -0.4 is 5.32 Å². The van der Waals surface area contributed by atoms with Crippen molar-refractivity contribution >= 4 is 11.9 Å². The Balaban J connectivity index is 2.51. The average Bonchev–Trinajstić information content (AvgIpc) is 2.77. The number of hydrogen-bond acceptors (Lipinski definition) is 3. The van der Waals surface area contributed by atoms with Gasteiger partial charge in [0, 0.05) is 26.2 Å². The maximum absolute atomic E-state index is 11.6. The molecule has 0 saturated heterocycles. The van der Waals surface area contributed by atoms with Gasteiger partial charge in [-0.15, -0.1) is 0 Å². The van der Waals surface area contributed by atoms with Gasteiger partial charge in [0.2, 0.25) is 5.91 Å². The van der Waals surface area contributed by atoms with Crippen LogP contribution in [0.4, 0.5) is 0 Å². The maximum Gasteiger partial charge on any atom is 0.354 e. The third-order valence-electron chi connectivity index (χ3n) is 2.40. The molecular formula is C12H18N2O3. The number of amides is 1. The van der Waals surface area contributed by atoms with Crippen LogP contribution in [0.3, 0.4) is 0 Å². The number of aryl methyl sites for hydroxylation is 1. The fourth-order valence-electron chi connectivity index (χ4n) is 1.53. The van der Waals surface area contributed by atoms with Crippen molar-refractivity contribution in [1.29, 1.82) is 0 Å². The third-order valence-corrected chi connectivity index (χ3v) is 2.40. The van der Waals surface area contributed by atoms with Gasteiger partial charge in [-0.05, 0) is 25.5 Å². The van der Waals surface area contributed by atoms with E-state index in [9.17, 15) is 9.59 Å². The summed E-state index contributed by atoms with van der Waals surface area (Å²) in [6.45, 7) is 2.77. The number of nitrogens with one attached hydrogen (secondary N) is 1. The lowest BCUT2D eigenvalue weighted by molar-refractivity contribution is -0.120. The van der Waals surface area contributed by atoms with Crippen LogP contribution in [0.5, 0.6) is 0 Å². The molecule has 17 heavy (non-hydrogen) atoms. The van der Waals surface area contributed by atoms with E-state index >= 15 is 0 Å². The number of carbonyl (C=O) groups is 2. The molecule has 0 aromatic carbocycles. The molecule has 0 radical (unpaired) electrons. The first-order valence-corrected chi connectivity index (χ1v) is 5.72. The standard InChI is InChI=1S/C12H18N2O3/c1-3-17-12(16)10-6-4-8-14(10)9-5-7-11(15)13-2/h4,6,8H,3,5,7,9H2,1-2H3,(H,13,15). The second-order valence-corrected chi connectivity index (χ2v) is 3.58. The van der Waals surface area contributed by atoms with E-state index in [0.29, 0.717) is 31.7 Å². The van der Waals surface area contributed by atoms with Gasteiger partial charge >= 0.3 is 5.97 Å². The lowest BCUT2D eigenvalue weighted by Crippen LogP contribution is -2.18. The first-order chi connectivity index (χ1) is 8.19. The molecule has 1 aromatic rings. The number of hydrogen-bond donors (Lipinski definition) is 1. The predicted molar refractivity (Wildman–Crippen MR) is 63.7 cm³/mol. The van der Waals surface area contributed by atoms with E-state index < -0.39 is 0 Å². The molecule has 0 fully saturated rings. The van der Waals surface area contributed by atoms with E-state index in [-0.39, 0.29) is 11.9 Å². The third kappa shape index (κ3) is 3.94. The second-order valence-electron chi connectivity index (χ2n) is 3.58. The van der Waals surface area contributed by atoms with Crippen molar-refractivity contribution < 1.29 is 14.3 Å². The first kappa shape index (κ1) is 13.3. The molecule has 1 heterocycles. The average molecular weight is 238 g/mol. The Labute approximate surface area is 101 Å². The molecule has 1 aromatic heterocycles. The minimum absolute atomic E-state index is 0.00911. The summed E-state index contributed by atoms with van der Waals surface area (Å²) < 4.78 is 6.74. The summed E-state index contributed by atoms with van der Waals surface area (Å²) in [5.41, 5.74) is 0.531. The van der Waals surface area contributed by atoms with E-state index in [4.69, 9.17) is 4.74 Å². The van der Waals surface area contributed by atoms with E-state index in [1.165, 1.54) is 0 Å². The van der Waals surface area contributed by atoms with Crippen LogP contribution in [0, 0.1) is 0 Å². The fourth-order valence-corrected chi connectivity index (χ4v) is 1.53. The lowest BCUT2D eigenvalue weighted by atomic mass is 10.3. The Bertz CT molecular complexity index is 385. The van der Waals surface area contributed by atoms with Gasteiger partial charge in [-0.3, -0.25) is 4.79 Å². The van der Waals surface area contributed by atoms with Crippen LogP contribution in [0.1, 0.15) is 30.3 Å². The molecule has 0 aliphatic heterocycles. The van der Waals surface area contributed by atoms with Crippen LogP contribution in [0.25, 0.3) is 0 Å².